The summed E-state index contributed by atoms with van der Waals surface area (Å²) >= 11 is 0. The van der Waals surface area contributed by atoms with Gasteiger partial charge in [-0.1, -0.05) is 82.5 Å². The van der Waals surface area contributed by atoms with Crippen molar-refractivity contribution in [2.24, 2.45) is 11.8 Å². The summed E-state index contributed by atoms with van der Waals surface area (Å²) in [5, 5.41) is 0. The molecule has 1 heterocycles. The molecule has 0 amide bonds. The summed E-state index contributed by atoms with van der Waals surface area (Å²) in [5.41, 5.74) is 1.01. The summed E-state index contributed by atoms with van der Waals surface area (Å²) in [5.74, 6) is 1.06. The molecule has 0 spiro atoms. The highest BCUT2D eigenvalue weighted by Crippen LogP contribution is 2.38. The van der Waals surface area contributed by atoms with E-state index in [1.54, 1.807) is 6.07 Å². The van der Waals surface area contributed by atoms with Crippen molar-refractivity contribution in [3.63, 3.8) is 0 Å². The lowest BCUT2D eigenvalue weighted by Gasteiger charge is -2.31. The van der Waals surface area contributed by atoms with Crippen LogP contribution in [0, 0.1) is 23.5 Å². The van der Waals surface area contributed by atoms with Gasteiger partial charge in [0.1, 0.15) is 0 Å². The summed E-state index contributed by atoms with van der Waals surface area (Å²) in [6.45, 7) is 2.30. The second-order valence-corrected chi connectivity index (χ2v) is 11.8. The third kappa shape index (κ3) is 5.64. The second kappa shape index (κ2) is 10.0. The molecule has 1 aromatic carbocycles. The molecule has 0 nitrogen and oxygen atoms in total. The van der Waals surface area contributed by atoms with Crippen LogP contribution in [0.15, 0.2) is 18.2 Å². The highest BCUT2D eigenvalue weighted by Gasteiger charge is 2.26. The van der Waals surface area contributed by atoms with Gasteiger partial charge in [0.25, 0.3) is 0 Å². The first-order valence-electron chi connectivity index (χ1n) is 10.9. The van der Waals surface area contributed by atoms with E-state index in [1.165, 1.54) is 94.5 Å². The van der Waals surface area contributed by atoms with Crippen LogP contribution in [0.1, 0.15) is 82.6 Å². The Morgan fingerprint density at radius 1 is 0.885 bits per heavy atom. The Hall–Kier alpha value is -0.703. The normalized spacial score (nSPS) is 25.5. The van der Waals surface area contributed by atoms with Crippen LogP contribution in [0.3, 0.4) is 0 Å². The van der Waals surface area contributed by atoms with E-state index < -0.39 is 11.6 Å². The van der Waals surface area contributed by atoms with E-state index in [1.807, 2.05) is 0 Å². The quantitative estimate of drug-likeness (QED) is 0.427. The van der Waals surface area contributed by atoms with E-state index in [4.69, 9.17) is 0 Å². The van der Waals surface area contributed by atoms with E-state index >= 15 is 0 Å². The first-order chi connectivity index (χ1) is 12.7. The smallest absolute Gasteiger partial charge is 0.159 e. The van der Waals surface area contributed by atoms with Gasteiger partial charge >= 0.3 is 0 Å². The van der Waals surface area contributed by atoms with E-state index in [0.29, 0.717) is 5.92 Å². The molecule has 1 saturated carbocycles. The molecule has 2 aliphatic rings. The third-order valence-electron chi connectivity index (χ3n) is 6.95. The minimum Gasteiger partial charge on any atom is -0.204 e. The lowest BCUT2D eigenvalue weighted by atomic mass is 9.79. The fourth-order valence-electron chi connectivity index (χ4n) is 5.09. The molecular weight excluding hydrogens is 342 g/mol. The largest absolute Gasteiger partial charge is 0.204 e. The van der Waals surface area contributed by atoms with Gasteiger partial charge in [0.15, 0.2) is 11.6 Å². The predicted molar refractivity (Wildman–Crippen MR) is 108 cm³/mol. The van der Waals surface area contributed by atoms with Crippen molar-refractivity contribution < 1.29 is 8.78 Å². The maximum absolute atomic E-state index is 13.5. The summed E-state index contributed by atoms with van der Waals surface area (Å²) in [6.07, 6.45) is 14.0. The van der Waals surface area contributed by atoms with Crippen molar-refractivity contribution in [2.75, 3.05) is 0 Å². The van der Waals surface area contributed by atoms with Gasteiger partial charge in [-0.25, -0.2) is 8.78 Å². The Morgan fingerprint density at radius 2 is 1.54 bits per heavy atom. The molecule has 145 valence electrons. The molecule has 1 aliphatic carbocycles. The summed E-state index contributed by atoms with van der Waals surface area (Å²) in [7, 11) is -0.199. The fraction of sp³-hybridized carbons (Fsp3) is 0.739. The van der Waals surface area contributed by atoms with Crippen molar-refractivity contribution in [3.8, 4) is 0 Å². The minimum atomic E-state index is -0.723. The van der Waals surface area contributed by atoms with Gasteiger partial charge in [-0.05, 0) is 48.3 Å². The third-order valence-corrected chi connectivity index (χ3v) is 9.93. The standard InChI is InChI=1S/C23H35F2Si/c1-2-3-4-18-5-7-19(8-6-18)11-14-26-15-12-20(13-16-26)21-9-10-22(24)23(25)17-21/h9-10,17-20H,2-8,11-16H2,1H3. The molecule has 2 fully saturated rings. The van der Waals surface area contributed by atoms with Gasteiger partial charge in [-0.15, -0.1) is 0 Å². The number of hydrogen-bond acceptors (Lipinski definition) is 0. The monoisotopic (exact) mass is 377 g/mol. The lowest BCUT2D eigenvalue weighted by molar-refractivity contribution is 0.254. The number of rotatable bonds is 7. The second-order valence-electron chi connectivity index (χ2n) is 8.77. The van der Waals surface area contributed by atoms with Crippen LogP contribution in [0.4, 0.5) is 8.78 Å². The summed E-state index contributed by atoms with van der Waals surface area (Å²) < 4.78 is 26.6. The maximum Gasteiger partial charge on any atom is 0.159 e. The Balaban J connectivity index is 1.35. The van der Waals surface area contributed by atoms with E-state index in [9.17, 15) is 8.78 Å². The van der Waals surface area contributed by atoms with Crippen molar-refractivity contribution in [1.29, 1.82) is 0 Å². The zero-order valence-electron chi connectivity index (χ0n) is 16.4. The van der Waals surface area contributed by atoms with Crippen LogP contribution >= 0.6 is 0 Å². The Bertz CT molecular complexity index is 543. The molecule has 3 heteroatoms. The van der Waals surface area contributed by atoms with Crippen LogP contribution in [-0.2, 0) is 0 Å². The highest BCUT2D eigenvalue weighted by molar-refractivity contribution is 6.59. The number of unbranched alkanes of at least 4 members (excludes halogenated alkanes) is 1. The molecule has 0 atom stereocenters. The average Bonchev–Trinajstić information content (AvgIpc) is 2.68. The molecule has 0 unspecified atom stereocenters. The van der Waals surface area contributed by atoms with Gasteiger partial charge < -0.3 is 0 Å². The molecule has 26 heavy (non-hydrogen) atoms. The molecule has 0 bridgehead atoms. The van der Waals surface area contributed by atoms with Crippen LogP contribution in [0.5, 0.6) is 0 Å². The molecule has 3 rings (SSSR count). The van der Waals surface area contributed by atoms with Gasteiger partial charge in [0.05, 0.1) is 0 Å². The average molecular weight is 378 g/mol. The van der Waals surface area contributed by atoms with Crippen molar-refractivity contribution in [1.82, 2.24) is 0 Å². The van der Waals surface area contributed by atoms with Gasteiger partial charge in [0, 0.05) is 8.80 Å². The maximum atomic E-state index is 13.5. The van der Waals surface area contributed by atoms with E-state index in [2.05, 4.69) is 6.92 Å². The molecule has 1 radical (unpaired) electrons. The minimum absolute atomic E-state index is 0.199. The van der Waals surface area contributed by atoms with Gasteiger partial charge in [-0.3, -0.25) is 0 Å². The number of benzene rings is 1. The van der Waals surface area contributed by atoms with Crippen molar-refractivity contribution >= 4 is 8.80 Å². The lowest BCUT2D eigenvalue weighted by Crippen LogP contribution is -2.22. The topological polar surface area (TPSA) is 0 Å². The van der Waals surface area contributed by atoms with Crippen LogP contribution < -0.4 is 0 Å². The summed E-state index contributed by atoms with van der Waals surface area (Å²) in [4.78, 5) is 0. The first-order valence-corrected chi connectivity index (χ1v) is 13.1. The molecule has 0 aromatic heterocycles. The Morgan fingerprint density at radius 3 is 2.15 bits per heavy atom. The van der Waals surface area contributed by atoms with Crippen LogP contribution in [-0.4, -0.2) is 8.80 Å². The van der Waals surface area contributed by atoms with Gasteiger partial charge in [-0.2, -0.15) is 0 Å². The number of halogens is 2. The Labute approximate surface area is 160 Å². The molecule has 0 N–H and O–H groups in total. The van der Waals surface area contributed by atoms with Crippen LogP contribution in [0.25, 0.3) is 0 Å². The molecule has 1 aliphatic heterocycles. The Kier molecular flexibility index (Phi) is 7.72. The van der Waals surface area contributed by atoms with Crippen molar-refractivity contribution in [2.45, 2.75) is 95.2 Å². The van der Waals surface area contributed by atoms with E-state index in [-0.39, 0.29) is 8.80 Å². The fourth-order valence-corrected chi connectivity index (χ4v) is 8.17. The van der Waals surface area contributed by atoms with Crippen LogP contribution in [0.2, 0.25) is 18.1 Å². The number of hydrogen-bond donors (Lipinski definition) is 0. The van der Waals surface area contributed by atoms with Crippen molar-refractivity contribution in [3.05, 3.63) is 35.4 Å². The molecular formula is C23H35F2Si. The van der Waals surface area contributed by atoms with Gasteiger partial charge in [0.2, 0.25) is 0 Å². The first kappa shape index (κ1) is 20.0. The SMILES string of the molecule is CCCCC1CCC(CC[Si]2CCC(c3ccc(F)c(F)c3)CC2)CC1. The molecule has 1 aromatic rings. The zero-order chi connectivity index (χ0) is 18.4. The predicted octanol–water partition coefficient (Wildman–Crippen LogP) is 7.72. The summed E-state index contributed by atoms with van der Waals surface area (Å²) in [6, 6.07) is 8.72. The molecule has 1 saturated heterocycles. The van der Waals surface area contributed by atoms with E-state index in [0.717, 1.165) is 17.4 Å². The highest BCUT2D eigenvalue weighted by atomic mass is 28.3. The zero-order valence-corrected chi connectivity index (χ0v) is 17.4.